The molecule has 1 aromatic rings. The molecule has 0 atom stereocenters. The Bertz CT molecular complexity index is 497. The lowest BCUT2D eigenvalue weighted by molar-refractivity contribution is -0.131. The number of ketones is 1. The highest BCUT2D eigenvalue weighted by atomic mass is 19.1. The van der Waals surface area contributed by atoms with Crippen LogP contribution in [0.2, 0.25) is 0 Å². The molecule has 1 N–H and O–H groups in total. The molecular weight excluding hydrogens is 253 g/mol. The van der Waals surface area contributed by atoms with E-state index in [0.717, 1.165) is 19.2 Å². The van der Waals surface area contributed by atoms with Crippen LogP contribution in [0.25, 0.3) is 0 Å². The van der Waals surface area contributed by atoms with Gasteiger partial charge in [-0.25, -0.2) is 9.18 Å². The van der Waals surface area contributed by atoms with Crippen molar-refractivity contribution in [2.45, 2.75) is 6.54 Å². The Hall–Kier alpha value is -1.79. The first-order chi connectivity index (χ1) is 9.08. The Morgan fingerprint density at radius 3 is 2.58 bits per heavy atom. The molecule has 1 aliphatic heterocycles. The fourth-order valence-corrected chi connectivity index (χ4v) is 1.94. The zero-order valence-electron chi connectivity index (χ0n) is 10.3. The van der Waals surface area contributed by atoms with Gasteiger partial charge in [-0.3, -0.25) is 9.69 Å². The molecule has 0 aliphatic carbocycles. The number of Topliss-reactive ketones (excluding diaryl/α,β-unsaturated/α-hetero) is 1. The number of benzene rings is 1. The van der Waals surface area contributed by atoms with Gasteiger partial charge in [0.05, 0.1) is 13.2 Å². The smallest absolute Gasteiger partial charge is 0.377 e. The van der Waals surface area contributed by atoms with Crippen molar-refractivity contribution in [3.63, 3.8) is 0 Å². The number of rotatable bonds is 4. The van der Waals surface area contributed by atoms with E-state index in [1.54, 1.807) is 0 Å². The van der Waals surface area contributed by atoms with E-state index in [1.165, 1.54) is 12.1 Å². The molecule has 0 radical (unpaired) electrons. The van der Waals surface area contributed by atoms with Crippen molar-refractivity contribution in [3.8, 4) is 0 Å². The molecule has 5 nitrogen and oxygen atoms in total. The molecule has 1 aliphatic rings. The van der Waals surface area contributed by atoms with Gasteiger partial charge in [0.25, 0.3) is 5.78 Å². The number of hydrogen-bond donors (Lipinski definition) is 1. The first kappa shape index (κ1) is 13.6. The summed E-state index contributed by atoms with van der Waals surface area (Å²) in [6.45, 7) is 3.13. The second-order valence-electron chi connectivity index (χ2n) is 4.33. The molecule has 0 saturated carbocycles. The zero-order valence-corrected chi connectivity index (χ0v) is 10.3. The number of carboxylic acids is 1. The van der Waals surface area contributed by atoms with Crippen LogP contribution in [0.15, 0.2) is 18.2 Å². The zero-order chi connectivity index (χ0) is 13.8. The van der Waals surface area contributed by atoms with Crippen molar-refractivity contribution < 1.29 is 23.8 Å². The van der Waals surface area contributed by atoms with Gasteiger partial charge in [0.1, 0.15) is 5.82 Å². The highest BCUT2D eigenvalue weighted by molar-refractivity contribution is 6.39. The number of nitrogens with zero attached hydrogens (tertiary/aromatic N) is 1. The van der Waals surface area contributed by atoms with Crippen molar-refractivity contribution in [2.75, 3.05) is 26.3 Å². The Kier molecular flexibility index (Phi) is 4.24. The van der Waals surface area contributed by atoms with E-state index in [4.69, 9.17) is 9.84 Å². The molecule has 6 heteroatoms. The highest BCUT2D eigenvalue weighted by Gasteiger charge is 2.18. The van der Waals surface area contributed by atoms with E-state index < -0.39 is 17.6 Å². The van der Waals surface area contributed by atoms with E-state index in [2.05, 4.69) is 0 Å². The number of aliphatic carboxylic acids is 1. The van der Waals surface area contributed by atoms with Crippen molar-refractivity contribution >= 4 is 11.8 Å². The molecule has 0 spiro atoms. The molecule has 0 unspecified atom stereocenters. The maximum atomic E-state index is 13.8. The Morgan fingerprint density at radius 1 is 1.32 bits per heavy atom. The second-order valence-corrected chi connectivity index (χ2v) is 4.33. The van der Waals surface area contributed by atoms with Crippen LogP contribution >= 0.6 is 0 Å². The van der Waals surface area contributed by atoms with Gasteiger partial charge in [-0.15, -0.1) is 0 Å². The average molecular weight is 267 g/mol. The van der Waals surface area contributed by atoms with Gasteiger partial charge in [0.2, 0.25) is 0 Å². The molecule has 0 aromatic heterocycles. The topological polar surface area (TPSA) is 66.8 Å². The highest BCUT2D eigenvalue weighted by Crippen LogP contribution is 2.14. The molecule has 1 aromatic carbocycles. The van der Waals surface area contributed by atoms with Crippen LogP contribution in [0.3, 0.4) is 0 Å². The van der Waals surface area contributed by atoms with E-state index in [9.17, 15) is 14.0 Å². The maximum absolute atomic E-state index is 13.8. The minimum Gasteiger partial charge on any atom is -0.475 e. The van der Waals surface area contributed by atoms with E-state index >= 15 is 0 Å². The van der Waals surface area contributed by atoms with Gasteiger partial charge < -0.3 is 9.84 Å². The number of halogens is 1. The lowest BCUT2D eigenvalue weighted by atomic mass is 10.1. The van der Waals surface area contributed by atoms with Gasteiger partial charge >= 0.3 is 5.97 Å². The van der Waals surface area contributed by atoms with Crippen LogP contribution in [0, 0.1) is 5.82 Å². The summed E-state index contributed by atoms with van der Waals surface area (Å²) in [7, 11) is 0. The Morgan fingerprint density at radius 2 is 2.00 bits per heavy atom. The summed E-state index contributed by atoms with van der Waals surface area (Å²) in [6.07, 6.45) is 0. The quantitative estimate of drug-likeness (QED) is 0.649. The third-order valence-electron chi connectivity index (χ3n) is 3.01. The first-order valence-corrected chi connectivity index (χ1v) is 5.94. The van der Waals surface area contributed by atoms with Crippen molar-refractivity contribution in [3.05, 3.63) is 35.1 Å². The van der Waals surface area contributed by atoms with E-state index in [0.29, 0.717) is 25.3 Å². The number of ether oxygens (including phenoxy) is 1. The second kappa shape index (κ2) is 5.90. The molecule has 102 valence electrons. The number of hydrogen-bond acceptors (Lipinski definition) is 4. The largest absolute Gasteiger partial charge is 0.475 e. The SMILES string of the molecule is O=C(O)C(=O)c1ccc(CN2CCOCC2)c(F)c1. The van der Waals surface area contributed by atoms with Crippen molar-refractivity contribution in [2.24, 2.45) is 0 Å². The molecule has 0 bridgehead atoms. The summed E-state index contributed by atoms with van der Waals surface area (Å²) >= 11 is 0. The monoisotopic (exact) mass is 267 g/mol. The minimum absolute atomic E-state index is 0.143. The summed E-state index contributed by atoms with van der Waals surface area (Å²) in [6, 6.07) is 3.78. The number of carboxylic acid groups (broad SMARTS) is 1. The van der Waals surface area contributed by atoms with Crippen LogP contribution in [0.5, 0.6) is 0 Å². The molecule has 1 fully saturated rings. The fourth-order valence-electron chi connectivity index (χ4n) is 1.94. The van der Waals surface area contributed by atoms with Crippen LogP contribution < -0.4 is 0 Å². The van der Waals surface area contributed by atoms with Crippen LogP contribution in [-0.4, -0.2) is 48.1 Å². The lowest BCUT2D eigenvalue weighted by Crippen LogP contribution is -2.35. The van der Waals surface area contributed by atoms with Gasteiger partial charge in [-0.05, 0) is 6.07 Å². The summed E-state index contributed by atoms with van der Waals surface area (Å²) in [5, 5.41) is 8.56. The Balaban J connectivity index is 2.10. The minimum atomic E-state index is -1.58. The molecule has 1 saturated heterocycles. The molecule has 19 heavy (non-hydrogen) atoms. The van der Waals surface area contributed by atoms with Crippen molar-refractivity contribution in [1.82, 2.24) is 4.90 Å². The third-order valence-corrected chi connectivity index (χ3v) is 3.01. The molecule has 0 amide bonds. The summed E-state index contributed by atoms with van der Waals surface area (Å²) < 4.78 is 19.0. The van der Waals surface area contributed by atoms with E-state index in [-0.39, 0.29) is 5.56 Å². The molecule has 1 heterocycles. The summed E-state index contributed by atoms with van der Waals surface area (Å²) in [5.74, 6) is -3.24. The van der Waals surface area contributed by atoms with Crippen LogP contribution in [0.4, 0.5) is 4.39 Å². The summed E-state index contributed by atoms with van der Waals surface area (Å²) in [4.78, 5) is 23.8. The average Bonchev–Trinajstić information content (AvgIpc) is 2.41. The van der Waals surface area contributed by atoms with Gasteiger partial charge in [-0.2, -0.15) is 0 Å². The lowest BCUT2D eigenvalue weighted by Gasteiger charge is -2.26. The van der Waals surface area contributed by atoms with E-state index in [1.807, 2.05) is 4.90 Å². The fraction of sp³-hybridized carbons (Fsp3) is 0.385. The molecular formula is C13H14FNO4. The maximum Gasteiger partial charge on any atom is 0.377 e. The van der Waals surface area contributed by atoms with Gasteiger partial charge in [0, 0.05) is 30.8 Å². The number of carbonyl (C=O) groups is 2. The third kappa shape index (κ3) is 3.36. The standard InChI is InChI=1S/C13H14FNO4/c14-11-7-9(12(16)13(17)18)1-2-10(11)8-15-3-5-19-6-4-15/h1-2,7H,3-6,8H2,(H,17,18). The predicted octanol–water partition coefficient (Wildman–Crippen LogP) is 0.925. The number of morpholine rings is 1. The molecule has 2 rings (SSSR count). The van der Waals surface area contributed by atoms with Gasteiger partial charge in [0.15, 0.2) is 0 Å². The van der Waals surface area contributed by atoms with Crippen LogP contribution in [0.1, 0.15) is 15.9 Å². The first-order valence-electron chi connectivity index (χ1n) is 5.94. The van der Waals surface area contributed by atoms with Crippen LogP contribution in [-0.2, 0) is 16.1 Å². The predicted molar refractivity (Wildman–Crippen MR) is 64.5 cm³/mol. The Labute approximate surface area is 109 Å². The normalized spacial score (nSPS) is 16.3. The van der Waals surface area contributed by atoms with Crippen molar-refractivity contribution in [1.29, 1.82) is 0 Å². The number of carbonyl (C=O) groups excluding carboxylic acids is 1. The van der Waals surface area contributed by atoms with Gasteiger partial charge in [-0.1, -0.05) is 12.1 Å². The summed E-state index contributed by atoms with van der Waals surface area (Å²) in [5.41, 5.74) is 0.305.